The van der Waals surface area contributed by atoms with Crippen molar-refractivity contribution >= 4 is 0 Å². The predicted molar refractivity (Wildman–Crippen MR) is 77.8 cm³/mol. The molecule has 1 aliphatic rings. The van der Waals surface area contributed by atoms with Crippen LogP contribution in [0.5, 0.6) is 0 Å². The molecule has 0 heterocycles. The third-order valence-electron chi connectivity index (χ3n) is 4.32. The van der Waals surface area contributed by atoms with Gasteiger partial charge in [0.25, 0.3) is 6.43 Å². The summed E-state index contributed by atoms with van der Waals surface area (Å²) in [6, 6.07) is 6.68. The van der Waals surface area contributed by atoms with Crippen molar-refractivity contribution in [2.45, 2.75) is 38.2 Å². The minimum Gasteiger partial charge on any atom is -0.329 e. The van der Waals surface area contributed by atoms with E-state index >= 15 is 0 Å². The third-order valence-corrected chi connectivity index (χ3v) is 4.32. The molecule has 0 spiro atoms. The molecule has 2 nitrogen and oxygen atoms in total. The molecule has 0 amide bonds. The monoisotopic (exact) mass is 282 g/mol. The SMILES string of the molecule is CN(CC1CCCC1)C(CN)c1cccc(C(F)F)c1. The van der Waals surface area contributed by atoms with Gasteiger partial charge in [0.2, 0.25) is 0 Å². The Balaban J connectivity index is 2.07. The summed E-state index contributed by atoms with van der Waals surface area (Å²) in [7, 11) is 2.05. The van der Waals surface area contributed by atoms with Crippen LogP contribution >= 0.6 is 0 Å². The molecule has 20 heavy (non-hydrogen) atoms. The van der Waals surface area contributed by atoms with Gasteiger partial charge in [-0.2, -0.15) is 0 Å². The zero-order valence-corrected chi connectivity index (χ0v) is 12.1. The lowest BCUT2D eigenvalue weighted by Gasteiger charge is -2.30. The van der Waals surface area contributed by atoms with Crippen LogP contribution in [0, 0.1) is 5.92 Å². The summed E-state index contributed by atoms with van der Waals surface area (Å²) in [5.41, 5.74) is 6.85. The first-order valence-corrected chi connectivity index (χ1v) is 7.40. The maximum Gasteiger partial charge on any atom is 0.263 e. The number of benzene rings is 1. The van der Waals surface area contributed by atoms with E-state index in [9.17, 15) is 8.78 Å². The molecule has 0 aromatic heterocycles. The van der Waals surface area contributed by atoms with Crippen LogP contribution in [0.15, 0.2) is 24.3 Å². The summed E-state index contributed by atoms with van der Waals surface area (Å²) in [6.07, 6.45) is 2.75. The van der Waals surface area contributed by atoms with Gasteiger partial charge in [-0.25, -0.2) is 8.78 Å². The van der Waals surface area contributed by atoms with Crippen molar-refractivity contribution in [2.24, 2.45) is 11.7 Å². The number of hydrogen-bond acceptors (Lipinski definition) is 2. The molecule has 2 N–H and O–H groups in total. The predicted octanol–water partition coefficient (Wildman–Crippen LogP) is 3.75. The van der Waals surface area contributed by atoms with Gasteiger partial charge in [-0.15, -0.1) is 0 Å². The number of halogens is 2. The van der Waals surface area contributed by atoms with Crippen molar-refractivity contribution in [1.82, 2.24) is 4.90 Å². The first kappa shape index (κ1) is 15.4. The highest BCUT2D eigenvalue weighted by Crippen LogP contribution is 2.29. The van der Waals surface area contributed by atoms with Crippen molar-refractivity contribution in [2.75, 3.05) is 20.1 Å². The molecule has 0 bridgehead atoms. The Morgan fingerprint density at radius 1 is 1.25 bits per heavy atom. The fourth-order valence-corrected chi connectivity index (χ4v) is 3.20. The van der Waals surface area contributed by atoms with Gasteiger partial charge in [-0.05, 0) is 37.4 Å². The fourth-order valence-electron chi connectivity index (χ4n) is 3.20. The van der Waals surface area contributed by atoms with Crippen molar-refractivity contribution < 1.29 is 8.78 Å². The number of nitrogens with zero attached hydrogens (tertiary/aromatic N) is 1. The minimum atomic E-state index is -2.42. The van der Waals surface area contributed by atoms with Crippen LogP contribution in [0.1, 0.15) is 49.3 Å². The van der Waals surface area contributed by atoms with E-state index in [0.29, 0.717) is 6.54 Å². The molecule has 0 saturated heterocycles. The number of alkyl halides is 2. The fraction of sp³-hybridized carbons (Fsp3) is 0.625. The van der Waals surface area contributed by atoms with E-state index in [1.54, 1.807) is 12.1 Å². The van der Waals surface area contributed by atoms with Crippen molar-refractivity contribution in [3.05, 3.63) is 35.4 Å². The molecule has 1 aromatic rings. The topological polar surface area (TPSA) is 29.3 Å². The van der Waals surface area contributed by atoms with Gasteiger partial charge in [0, 0.05) is 24.7 Å². The van der Waals surface area contributed by atoms with Crippen LogP contribution in [0.4, 0.5) is 8.78 Å². The molecule has 1 aromatic carbocycles. The lowest BCUT2D eigenvalue weighted by Crippen LogP contribution is -2.33. The van der Waals surface area contributed by atoms with E-state index in [-0.39, 0.29) is 11.6 Å². The Labute approximate surface area is 120 Å². The lowest BCUT2D eigenvalue weighted by molar-refractivity contribution is 0.151. The number of nitrogens with two attached hydrogens (primary N) is 1. The van der Waals surface area contributed by atoms with E-state index in [1.807, 2.05) is 13.1 Å². The molecule has 0 radical (unpaired) electrons. The second-order valence-corrected chi connectivity index (χ2v) is 5.81. The molecular formula is C16H24F2N2. The maximum absolute atomic E-state index is 12.8. The average Bonchev–Trinajstić information content (AvgIpc) is 2.92. The van der Waals surface area contributed by atoms with Gasteiger partial charge in [-0.3, -0.25) is 4.90 Å². The van der Waals surface area contributed by atoms with E-state index in [2.05, 4.69) is 4.90 Å². The highest BCUT2D eigenvalue weighted by molar-refractivity contribution is 5.27. The Hall–Kier alpha value is -1.00. The van der Waals surface area contributed by atoms with E-state index < -0.39 is 6.43 Å². The first-order chi connectivity index (χ1) is 9.61. The first-order valence-electron chi connectivity index (χ1n) is 7.40. The smallest absolute Gasteiger partial charge is 0.263 e. The normalized spacial score (nSPS) is 18.1. The molecule has 1 atom stereocenters. The van der Waals surface area contributed by atoms with Gasteiger partial charge in [0.05, 0.1) is 0 Å². The molecule has 1 fully saturated rings. The molecule has 4 heteroatoms. The van der Waals surface area contributed by atoms with Crippen molar-refractivity contribution in [3.63, 3.8) is 0 Å². The summed E-state index contributed by atoms with van der Waals surface area (Å²) in [5.74, 6) is 0.729. The Bertz CT molecular complexity index is 417. The van der Waals surface area contributed by atoms with Crippen molar-refractivity contribution in [3.8, 4) is 0 Å². The number of likely N-dealkylation sites (N-methyl/N-ethyl adjacent to an activating group) is 1. The van der Waals surface area contributed by atoms with Crippen LogP contribution < -0.4 is 5.73 Å². The molecule has 1 unspecified atom stereocenters. The van der Waals surface area contributed by atoms with Gasteiger partial charge in [0.1, 0.15) is 0 Å². The zero-order chi connectivity index (χ0) is 14.5. The number of rotatable bonds is 6. The second-order valence-electron chi connectivity index (χ2n) is 5.81. The van der Waals surface area contributed by atoms with Crippen LogP contribution in [0.25, 0.3) is 0 Å². The van der Waals surface area contributed by atoms with E-state index in [4.69, 9.17) is 5.73 Å². The van der Waals surface area contributed by atoms with E-state index in [0.717, 1.165) is 18.0 Å². The van der Waals surface area contributed by atoms with Crippen LogP contribution in [-0.4, -0.2) is 25.0 Å². The maximum atomic E-state index is 12.8. The van der Waals surface area contributed by atoms with Crippen LogP contribution in [0.2, 0.25) is 0 Å². The average molecular weight is 282 g/mol. The zero-order valence-electron chi connectivity index (χ0n) is 12.1. The van der Waals surface area contributed by atoms with Gasteiger partial charge >= 0.3 is 0 Å². The molecular weight excluding hydrogens is 258 g/mol. The lowest BCUT2D eigenvalue weighted by atomic mass is 10.0. The quantitative estimate of drug-likeness (QED) is 0.861. The number of hydrogen-bond donors (Lipinski definition) is 1. The van der Waals surface area contributed by atoms with Gasteiger partial charge in [-0.1, -0.05) is 31.0 Å². The summed E-state index contributed by atoms with van der Waals surface area (Å²) < 4.78 is 25.6. The largest absolute Gasteiger partial charge is 0.329 e. The van der Waals surface area contributed by atoms with Crippen LogP contribution in [-0.2, 0) is 0 Å². The highest BCUT2D eigenvalue weighted by atomic mass is 19.3. The Morgan fingerprint density at radius 3 is 2.50 bits per heavy atom. The minimum absolute atomic E-state index is 0.0225. The van der Waals surface area contributed by atoms with Gasteiger partial charge < -0.3 is 5.73 Å². The summed E-state index contributed by atoms with van der Waals surface area (Å²) >= 11 is 0. The standard InChI is InChI=1S/C16H24F2N2/c1-20(11-12-5-2-3-6-12)15(10-19)13-7-4-8-14(9-13)16(17)18/h4,7-9,12,15-16H,2-3,5-6,10-11,19H2,1H3. The molecule has 0 aliphatic heterocycles. The van der Waals surface area contributed by atoms with Crippen LogP contribution in [0.3, 0.4) is 0 Å². The summed E-state index contributed by atoms with van der Waals surface area (Å²) in [6.45, 7) is 1.46. The highest BCUT2D eigenvalue weighted by Gasteiger charge is 2.22. The van der Waals surface area contributed by atoms with Crippen molar-refractivity contribution in [1.29, 1.82) is 0 Å². The molecule has 1 saturated carbocycles. The molecule has 1 aliphatic carbocycles. The second kappa shape index (κ2) is 7.14. The Morgan fingerprint density at radius 2 is 1.90 bits per heavy atom. The van der Waals surface area contributed by atoms with E-state index in [1.165, 1.54) is 31.7 Å². The molecule has 2 rings (SSSR count). The third kappa shape index (κ3) is 3.76. The Kier molecular flexibility index (Phi) is 5.49. The van der Waals surface area contributed by atoms with Gasteiger partial charge in [0.15, 0.2) is 0 Å². The summed E-state index contributed by atoms with van der Waals surface area (Å²) in [5, 5.41) is 0. The summed E-state index contributed by atoms with van der Waals surface area (Å²) in [4.78, 5) is 2.22. The molecule has 112 valence electrons.